The second-order valence-corrected chi connectivity index (χ2v) is 9.08. The number of tetrazole rings is 1. The monoisotopic (exact) mass is 529 g/mol. The van der Waals surface area contributed by atoms with Crippen molar-refractivity contribution in [2.24, 2.45) is 0 Å². The van der Waals surface area contributed by atoms with Crippen molar-refractivity contribution in [1.82, 2.24) is 39.7 Å². The van der Waals surface area contributed by atoms with Crippen molar-refractivity contribution in [3.63, 3.8) is 0 Å². The van der Waals surface area contributed by atoms with Gasteiger partial charge in [0.1, 0.15) is 18.0 Å². The quantitative estimate of drug-likeness (QED) is 0.351. The molecule has 5 heterocycles. The Balaban J connectivity index is 1.33. The van der Waals surface area contributed by atoms with Crippen LogP contribution in [0.25, 0.3) is 28.1 Å². The second kappa shape index (κ2) is 9.56. The van der Waals surface area contributed by atoms with Crippen LogP contribution in [0.15, 0.2) is 66.0 Å². The average molecular weight is 530 g/mol. The fourth-order valence-corrected chi connectivity index (χ4v) is 4.87. The molecule has 0 bridgehead atoms. The van der Waals surface area contributed by atoms with Crippen molar-refractivity contribution in [1.29, 1.82) is 0 Å². The van der Waals surface area contributed by atoms with Gasteiger partial charge in [0.15, 0.2) is 0 Å². The number of carbonyl (C=O) groups is 1. The van der Waals surface area contributed by atoms with Crippen molar-refractivity contribution >= 4 is 23.5 Å². The first-order valence-corrected chi connectivity index (χ1v) is 12.0. The maximum absolute atomic E-state index is 13.4. The molecule has 0 unspecified atom stereocenters. The van der Waals surface area contributed by atoms with Gasteiger partial charge in [-0.3, -0.25) is 10.1 Å². The number of carbonyl (C=O) groups excluding carboxylic acids is 1. The van der Waals surface area contributed by atoms with E-state index in [-0.39, 0.29) is 11.6 Å². The first-order valence-electron chi connectivity index (χ1n) is 11.6. The van der Waals surface area contributed by atoms with Crippen molar-refractivity contribution in [2.75, 3.05) is 12.4 Å². The highest BCUT2D eigenvalue weighted by molar-refractivity contribution is 6.31. The molecule has 1 aromatic carbocycles. The molecule has 1 aliphatic heterocycles. The Labute approximate surface area is 220 Å². The van der Waals surface area contributed by atoms with Gasteiger partial charge in [0.05, 0.1) is 30.7 Å². The van der Waals surface area contributed by atoms with E-state index in [0.717, 1.165) is 28.1 Å². The van der Waals surface area contributed by atoms with E-state index in [4.69, 9.17) is 11.6 Å². The molecule has 0 fully saturated rings. The summed E-state index contributed by atoms with van der Waals surface area (Å²) in [5.74, 6) is 1.02. The molecule has 0 radical (unpaired) electrons. The zero-order valence-electron chi connectivity index (χ0n) is 20.0. The lowest BCUT2D eigenvalue weighted by Crippen LogP contribution is -2.23. The smallest absolute Gasteiger partial charge is 0.412 e. The molecule has 0 spiro atoms. The van der Waals surface area contributed by atoms with E-state index in [0.29, 0.717) is 35.2 Å². The normalized spacial score (nSPS) is 14.3. The lowest BCUT2D eigenvalue weighted by molar-refractivity contribution is 0.187. The zero-order valence-corrected chi connectivity index (χ0v) is 20.8. The second-order valence-electron chi connectivity index (χ2n) is 8.64. The number of imidazole rings is 1. The molecule has 13 heteroatoms. The molecule has 1 aliphatic rings. The van der Waals surface area contributed by atoms with E-state index in [1.54, 1.807) is 47.3 Å². The van der Waals surface area contributed by atoms with E-state index in [2.05, 4.69) is 40.5 Å². The maximum Gasteiger partial charge on any atom is 0.412 e. The summed E-state index contributed by atoms with van der Waals surface area (Å²) in [7, 11) is 1.28. The number of benzene rings is 1. The zero-order chi connectivity index (χ0) is 26.2. The van der Waals surface area contributed by atoms with Crippen LogP contribution in [0.3, 0.4) is 0 Å². The number of rotatable bonds is 5. The molecule has 12 nitrogen and oxygen atoms in total. The molecule has 0 saturated carbocycles. The number of nitrogens with zero attached hydrogens (tertiary/aromatic N) is 7. The minimum Gasteiger partial charge on any atom is -0.453 e. The topological polar surface area (TPSA) is 146 Å². The molecule has 4 aromatic heterocycles. The van der Waals surface area contributed by atoms with Crippen LogP contribution in [-0.4, -0.2) is 52.9 Å². The summed E-state index contributed by atoms with van der Waals surface area (Å²) < 4.78 is 7.93. The van der Waals surface area contributed by atoms with Gasteiger partial charge < -0.3 is 14.3 Å². The van der Waals surface area contributed by atoms with Gasteiger partial charge >= 0.3 is 6.09 Å². The maximum atomic E-state index is 13.4. The number of methoxy groups -OCH3 is 1. The van der Waals surface area contributed by atoms with Crippen molar-refractivity contribution in [3.8, 4) is 28.1 Å². The lowest BCUT2D eigenvalue weighted by Gasteiger charge is -2.15. The minimum absolute atomic E-state index is 0.144. The third kappa shape index (κ3) is 4.30. The highest BCUT2D eigenvalue weighted by Crippen LogP contribution is 2.34. The number of aromatic amines is 1. The van der Waals surface area contributed by atoms with Crippen molar-refractivity contribution in [2.45, 2.75) is 18.9 Å². The number of hydrogen-bond donors (Lipinski definition) is 2. The number of nitrogens with one attached hydrogen (secondary N) is 2. The third-order valence-electron chi connectivity index (χ3n) is 6.40. The van der Waals surface area contributed by atoms with Crippen LogP contribution >= 0.6 is 11.6 Å². The molecule has 38 heavy (non-hydrogen) atoms. The number of ether oxygens (including phenoxy) is 1. The Bertz CT molecular complexity index is 1710. The molecule has 2 N–H and O–H groups in total. The van der Waals surface area contributed by atoms with Crippen LogP contribution in [0, 0.1) is 0 Å². The van der Waals surface area contributed by atoms with Crippen LogP contribution in [0.2, 0.25) is 5.02 Å². The van der Waals surface area contributed by atoms with Crippen LogP contribution in [0.5, 0.6) is 0 Å². The molecule has 1 amide bonds. The average Bonchev–Trinajstić information content (AvgIpc) is 3.69. The van der Waals surface area contributed by atoms with Gasteiger partial charge in [-0.1, -0.05) is 11.6 Å². The molecule has 0 saturated heterocycles. The van der Waals surface area contributed by atoms with Crippen LogP contribution < -0.4 is 10.9 Å². The van der Waals surface area contributed by atoms with Gasteiger partial charge in [-0.2, -0.15) is 4.68 Å². The van der Waals surface area contributed by atoms with E-state index in [1.165, 1.54) is 18.1 Å². The predicted octanol–water partition coefficient (Wildman–Crippen LogP) is 3.64. The fraction of sp³-hybridized carbons (Fsp3) is 0.160. The Hall–Kier alpha value is -4.84. The summed E-state index contributed by atoms with van der Waals surface area (Å²) in [6.07, 6.45) is 5.59. The summed E-state index contributed by atoms with van der Waals surface area (Å²) in [4.78, 5) is 37.0. The first-order chi connectivity index (χ1) is 18.5. The summed E-state index contributed by atoms with van der Waals surface area (Å²) in [5, 5.41) is 14.5. The molecule has 1 atom stereocenters. The number of aromatic nitrogens is 8. The molecular formula is C25H20ClN9O3. The van der Waals surface area contributed by atoms with Gasteiger partial charge in [0.2, 0.25) is 0 Å². The van der Waals surface area contributed by atoms with E-state index in [1.807, 2.05) is 12.1 Å². The number of fused-ring (bicyclic) bond motifs is 1. The summed E-state index contributed by atoms with van der Waals surface area (Å²) in [6.45, 7) is 0. The number of anilines is 1. The van der Waals surface area contributed by atoms with Crippen LogP contribution in [-0.2, 0) is 11.2 Å². The summed E-state index contributed by atoms with van der Waals surface area (Å²) in [6, 6.07) is 12.2. The Kier molecular flexibility index (Phi) is 5.92. The minimum atomic E-state index is -0.607. The molecule has 190 valence electrons. The predicted molar refractivity (Wildman–Crippen MR) is 138 cm³/mol. The van der Waals surface area contributed by atoms with E-state index in [9.17, 15) is 9.59 Å². The number of amides is 1. The highest BCUT2D eigenvalue weighted by atomic mass is 35.5. The van der Waals surface area contributed by atoms with Gasteiger partial charge in [-0.15, -0.1) is 5.10 Å². The number of aryl methyl sites for hydroxylation is 1. The number of halogens is 1. The van der Waals surface area contributed by atoms with E-state index >= 15 is 0 Å². The van der Waals surface area contributed by atoms with Crippen molar-refractivity contribution in [3.05, 3.63) is 88.1 Å². The molecule has 6 rings (SSSR count). The number of pyridine rings is 2. The SMILES string of the molecule is COC(=O)Nc1cc(-c2cnc([C@@H]3CCc4cc(-c5cc(Cl)ccc5-n5cnnn5)cc(=O)n43)[nH]2)ccn1. The van der Waals surface area contributed by atoms with Crippen molar-refractivity contribution < 1.29 is 9.53 Å². The van der Waals surface area contributed by atoms with E-state index < -0.39 is 6.09 Å². The van der Waals surface area contributed by atoms with Gasteiger partial charge in [-0.05, 0) is 65.2 Å². The number of hydrogen-bond acceptors (Lipinski definition) is 8. The summed E-state index contributed by atoms with van der Waals surface area (Å²) in [5.41, 5.74) is 4.47. The standard InChI is InChI=1S/C25H20ClN9O3/c1-38-25(37)31-22-9-14(6-7-27-22)19-12-28-24(30-19)21-5-3-17-8-15(10-23(36)35(17)21)18-11-16(26)2-4-20(18)34-13-29-32-33-34/h2,4,6-13,21H,3,5H2,1H3,(H,28,30)(H,27,31,37)/t21-/m0/s1. The molecule has 0 aliphatic carbocycles. The third-order valence-corrected chi connectivity index (χ3v) is 6.63. The van der Waals surface area contributed by atoms with Gasteiger partial charge in [0, 0.05) is 34.1 Å². The Morgan fingerprint density at radius 1 is 1.16 bits per heavy atom. The van der Waals surface area contributed by atoms with Crippen LogP contribution in [0.1, 0.15) is 24.0 Å². The first kappa shape index (κ1) is 23.6. The van der Waals surface area contributed by atoms with Gasteiger partial charge in [0.25, 0.3) is 5.56 Å². The lowest BCUT2D eigenvalue weighted by atomic mass is 10.0. The molecule has 5 aromatic rings. The number of H-pyrrole nitrogens is 1. The Morgan fingerprint density at radius 3 is 2.87 bits per heavy atom. The largest absolute Gasteiger partial charge is 0.453 e. The summed E-state index contributed by atoms with van der Waals surface area (Å²) >= 11 is 6.30. The highest BCUT2D eigenvalue weighted by Gasteiger charge is 2.28. The van der Waals surface area contributed by atoms with Crippen LogP contribution in [0.4, 0.5) is 10.6 Å². The fourth-order valence-electron chi connectivity index (χ4n) is 4.70. The van der Waals surface area contributed by atoms with Gasteiger partial charge in [-0.25, -0.2) is 14.8 Å². The Morgan fingerprint density at radius 2 is 2.05 bits per heavy atom. The molecular weight excluding hydrogens is 510 g/mol.